The lowest BCUT2D eigenvalue weighted by Crippen LogP contribution is -2.48. The highest BCUT2D eigenvalue weighted by Gasteiger charge is 2.50. The lowest BCUT2D eigenvalue weighted by molar-refractivity contribution is -0.139. The fourth-order valence-corrected chi connectivity index (χ4v) is 3.24. The SMILES string of the molecule is CC1(C)C2CC=C(C=NNC(=O)C(=O)NC3CC3)C1C2. The molecule has 2 bridgehead atoms. The lowest BCUT2D eigenvalue weighted by atomic mass is 9.49. The number of hydrogen-bond donors (Lipinski definition) is 2. The Morgan fingerprint density at radius 1 is 1.35 bits per heavy atom. The fourth-order valence-electron chi connectivity index (χ4n) is 3.24. The molecule has 108 valence electrons. The molecule has 0 spiro atoms. The third-order valence-electron chi connectivity index (χ3n) is 5.01. The predicted octanol–water partition coefficient (Wildman–Crippen LogP) is 1.36. The highest BCUT2D eigenvalue weighted by atomic mass is 16.2. The van der Waals surface area contributed by atoms with Crippen molar-refractivity contribution in [3.05, 3.63) is 11.6 Å². The second kappa shape index (κ2) is 4.72. The molecule has 5 nitrogen and oxygen atoms in total. The Labute approximate surface area is 118 Å². The summed E-state index contributed by atoms with van der Waals surface area (Å²) in [7, 11) is 0. The molecule has 4 rings (SSSR count). The number of fused-ring (bicyclic) bond motifs is 1. The number of allylic oxidation sites excluding steroid dienone is 2. The second-order valence-electron chi connectivity index (χ2n) is 6.69. The van der Waals surface area contributed by atoms with Gasteiger partial charge in [0, 0.05) is 6.04 Å². The Bertz CT molecular complexity index is 503. The highest BCUT2D eigenvalue weighted by Crippen LogP contribution is 2.58. The van der Waals surface area contributed by atoms with Gasteiger partial charge in [0.1, 0.15) is 0 Å². The summed E-state index contributed by atoms with van der Waals surface area (Å²) in [5.41, 5.74) is 3.82. The van der Waals surface area contributed by atoms with Crippen molar-refractivity contribution in [1.82, 2.24) is 10.7 Å². The molecule has 0 saturated heterocycles. The summed E-state index contributed by atoms with van der Waals surface area (Å²) in [5.74, 6) is 0.0346. The molecule has 0 aromatic heterocycles. The van der Waals surface area contributed by atoms with Gasteiger partial charge in [0.15, 0.2) is 0 Å². The Hall–Kier alpha value is -1.65. The summed E-state index contributed by atoms with van der Waals surface area (Å²) < 4.78 is 0. The maximum Gasteiger partial charge on any atom is 0.329 e. The first kappa shape index (κ1) is 13.3. The molecule has 2 N–H and O–H groups in total. The van der Waals surface area contributed by atoms with Crippen LogP contribution >= 0.6 is 0 Å². The summed E-state index contributed by atoms with van der Waals surface area (Å²) in [5, 5.41) is 6.56. The average Bonchev–Trinajstić information content (AvgIpc) is 3.22. The van der Waals surface area contributed by atoms with E-state index in [0.29, 0.717) is 11.3 Å². The van der Waals surface area contributed by atoms with E-state index in [9.17, 15) is 9.59 Å². The predicted molar refractivity (Wildman–Crippen MR) is 75.9 cm³/mol. The maximum absolute atomic E-state index is 11.5. The topological polar surface area (TPSA) is 70.6 Å². The Balaban J connectivity index is 1.52. The van der Waals surface area contributed by atoms with Crippen LogP contribution in [0.1, 0.15) is 39.5 Å². The quantitative estimate of drug-likeness (QED) is 0.464. The van der Waals surface area contributed by atoms with Crippen LogP contribution in [0.2, 0.25) is 0 Å². The molecule has 0 heterocycles. The molecule has 2 saturated carbocycles. The van der Waals surface area contributed by atoms with E-state index >= 15 is 0 Å². The fraction of sp³-hybridized carbons (Fsp3) is 0.667. The van der Waals surface area contributed by atoms with Crippen molar-refractivity contribution >= 4 is 18.0 Å². The minimum absolute atomic E-state index is 0.186. The molecular weight excluding hydrogens is 254 g/mol. The molecule has 0 radical (unpaired) electrons. The van der Waals surface area contributed by atoms with Crippen molar-refractivity contribution in [3.63, 3.8) is 0 Å². The zero-order chi connectivity index (χ0) is 14.3. The summed E-state index contributed by atoms with van der Waals surface area (Å²) in [6, 6.07) is 0.186. The molecule has 4 aliphatic carbocycles. The van der Waals surface area contributed by atoms with Crippen LogP contribution in [0.3, 0.4) is 0 Å². The van der Waals surface area contributed by atoms with E-state index in [1.54, 1.807) is 6.21 Å². The van der Waals surface area contributed by atoms with Gasteiger partial charge in [-0.2, -0.15) is 5.10 Å². The molecule has 2 unspecified atom stereocenters. The summed E-state index contributed by atoms with van der Waals surface area (Å²) in [6.07, 6.45) is 8.12. The van der Waals surface area contributed by atoms with Crippen molar-refractivity contribution in [3.8, 4) is 0 Å². The monoisotopic (exact) mass is 275 g/mol. The Morgan fingerprint density at radius 3 is 2.70 bits per heavy atom. The summed E-state index contributed by atoms with van der Waals surface area (Å²) >= 11 is 0. The first-order chi connectivity index (χ1) is 9.48. The number of carbonyl (C=O) groups is 2. The van der Waals surface area contributed by atoms with Gasteiger partial charge < -0.3 is 5.32 Å². The van der Waals surface area contributed by atoms with E-state index in [4.69, 9.17) is 0 Å². The molecule has 20 heavy (non-hydrogen) atoms. The van der Waals surface area contributed by atoms with Gasteiger partial charge in [-0.05, 0) is 48.5 Å². The van der Waals surface area contributed by atoms with E-state index in [1.807, 2.05) is 0 Å². The molecule has 2 fully saturated rings. The van der Waals surface area contributed by atoms with E-state index < -0.39 is 11.8 Å². The van der Waals surface area contributed by atoms with Crippen LogP contribution in [0.4, 0.5) is 0 Å². The van der Waals surface area contributed by atoms with Crippen molar-refractivity contribution < 1.29 is 9.59 Å². The molecule has 0 aromatic carbocycles. The van der Waals surface area contributed by atoms with Crippen molar-refractivity contribution in [1.29, 1.82) is 0 Å². The van der Waals surface area contributed by atoms with Gasteiger partial charge in [-0.1, -0.05) is 19.9 Å². The largest absolute Gasteiger partial charge is 0.345 e. The molecule has 2 atom stereocenters. The van der Waals surface area contributed by atoms with E-state index in [2.05, 4.69) is 35.8 Å². The average molecular weight is 275 g/mol. The first-order valence-electron chi connectivity index (χ1n) is 7.32. The van der Waals surface area contributed by atoms with Gasteiger partial charge in [0.25, 0.3) is 0 Å². The van der Waals surface area contributed by atoms with Gasteiger partial charge >= 0.3 is 11.8 Å². The van der Waals surface area contributed by atoms with Crippen LogP contribution in [-0.4, -0.2) is 24.1 Å². The van der Waals surface area contributed by atoms with Gasteiger partial charge in [-0.3, -0.25) is 9.59 Å². The Kier molecular flexibility index (Phi) is 3.15. The Morgan fingerprint density at radius 2 is 2.10 bits per heavy atom. The van der Waals surface area contributed by atoms with Crippen LogP contribution in [0.5, 0.6) is 0 Å². The number of amides is 2. The number of nitrogens with one attached hydrogen (secondary N) is 2. The number of carbonyl (C=O) groups excluding carboxylic acids is 2. The zero-order valence-electron chi connectivity index (χ0n) is 12.0. The minimum atomic E-state index is -0.685. The molecule has 4 aliphatic rings. The number of hydrazone groups is 1. The third-order valence-corrected chi connectivity index (χ3v) is 5.01. The van der Waals surface area contributed by atoms with Crippen molar-refractivity contribution in [2.75, 3.05) is 0 Å². The van der Waals surface area contributed by atoms with Crippen LogP contribution in [0.15, 0.2) is 16.8 Å². The third kappa shape index (κ3) is 2.37. The summed E-state index contributed by atoms with van der Waals surface area (Å²) in [4.78, 5) is 22.9. The van der Waals surface area contributed by atoms with Gasteiger partial charge in [-0.25, -0.2) is 5.43 Å². The van der Waals surface area contributed by atoms with E-state index in [-0.39, 0.29) is 6.04 Å². The molecule has 0 aliphatic heterocycles. The molecule has 5 heteroatoms. The van der Waals surface area contributed by atoms with Gasteiger partial charge in [-0.15, -0.1) is 0 Å². The standard InChI is InChI=1S/C15H21N3O2/c1-15(2)10-4-3-9(12(15)7-10)8-16-18-14(20)13(19)17-11-5-6-11/h3,8,10-12H,4-7H2,1-2H3,(H,17,19)(H,18,20). The van der Waals surface area contributed by atoms with Crippen molar-refractivity contribution in [2.45, 2.75) is 45.6 Å². The number of nitrogens with zero attached hydrogens (tertiary/aromatic N) is 1. The lowest BCUT2D eigenvalue weighted by Gasteiger charge is -2.55. The zero-order valence-corrected chi connectivity index (χ0v) is 12.0. The normalized spacial score (nSPS) is 30.4. The van der Waals surface area contributed by atoms with E-state index in [1.165, 1.54) is 12.0 Å². The van der Waals surface area contributed by atoms with Gasteiger partial charge in [0.2, 0.25) is 0 Å². The maximum atomic E-state index is 11.5. The highest BCUT2D eigenvalue weighted by molar-refractivity contribution is 6.35. The van der Waals surface area contributed by atoms with Crippen LogP contribution in [0.25, 0.3) is 0 Å². The van der Waals surface area contributed by atoms with E-state index in [0.717, 1.165) is 25.2 Å². The van der Waals surface area contributed by atoms with Crippen LogP contribution in [0, 0.1) is 17.3 Å². The smallest absolute Gasteiger partial charge is 0.329 e. The number of hydrogen-bond acceptors (Lipinski definition) is 3. The molecule has 2 amide bonds. The van der Waals surface area contributed by atoms with Crippen LogP contribution < -0.4 is 10.7 Å². The number of rotatable bonds is 3. The van der Waals surface area contributed by atoms with Crippen LogP contribution in [-0.2, 0) is 9.59 Å². The summed E-state index contributed by atoms with van der Waals surface area (Å²) in [6.45, 7) is 4.57. The molecular formula is C15H21N3O2. The van der Waals surface area contributed by atoms with Crippen molar-refractivity contribution in [2.24, 2.45) is 22.4 Å². The first-order valence-corrected chi connectivity index (χ1v) is 7.32. The molecule has 0 aromatic rings. The second-order valence-corrected chi connectivity index (χ2v) is 6.69. The van der Waals surface area contributed by atoms with Gasteiger partial charge in [0.05, 0.1) is 6.21 Å². The minimum Gasteiger partial charge on any atom is -0.345 e.